The number of hydrogen-bond acceptors (Lipinski definition) is 3. The maximum atomic E-state index is 12.7. The van der Waals surface area contributed by atoms with Crippen LogP contribution in [0.3, 0.4) is 0 Å². The summed E-state index contributed by atoms with van der Waals surface area (Å²) in [6.07, 6.45) is 1.99. The number of carbonyl (C=O) groups is 2. The number of nitrogens with zero attached hydrogens (tertiary/aromatic N) is 1. The first-order valence-corrected chi connectivity index (χ1v) is 7.41. The van der Waals surface area contributed by atoms with Gasteiger partial charge in [0.2, 0.25) is 5.91 Å². The molecule has 2 saturated carbocycles. The molecular formula is C16H21NO4. The number of carbonyl (C=O) groups excluding carboxylic acids is 1. The van der Waals surface area contributed by atoms with Crippen LogP contribution < -0.4 is 0 Å². The number of amides is 1. The zero-order valence-electron chi connectivity index (χ0n) is 12.6. The monoisotopic (exact) mass is 291 g/mol. The van der Waals surface area contributed by atoms with Crippen LogP contribution in [-0.4, -0.2) is 27.9 Å². The van der Waals surface area contributed by atoms with Gasteiger partial charge in [-0.25, -0.2) is 0 Å². The molecule has 0 saturated heterocycles. The third-order valence-corrected chi connectivity index (χ3v) is 4.75. The maximum Gasteiger partial charge on any atom is 0.307 e. The Hall–Kier alpha value is -1.78. The number of rotatable bonds is 5. The highest BCUT2D eigenvalue weighted by atomic mass is 16.4. The van der Waals surface area contributed by atoms with E-state index >= 15 is 0 Å². The van der Waals surface area contributed by atoms with Crippen molar-refractivity contribution in [3.05, 3.63) is 23.7 Å². The summed E-state index contributed by atoms with van der Waals surface area (Å²) in [6, 6.07) is 4.00. The Kier molecular flexibility index (Phi) is 3.11. The van der Waals surface area contributed by atoms with Crippen LogP contribution in [0.1, 0.15) is 38.2 Å². The number of aliphatic carboxylic acids is 1. The molecular weight excluding hydrogens is 270 g/mol. The van der Waals surface area contributed by atoms with E-state index in [1.54, 1.807) is 0 Å². The molecule has 1 heterocycles. The number of carboxylic acids is 1. The van der Waals surface area contributed by atoms with Crippen LogP contribution in [0.4, 0.5) is 0 Å². The van der Waals surface area contributed by atoms with Crippen molar-refractivity contribution in [3.63, 3.8) is 0 Å². The van der Waals surface area contributed by atoms with E-state index in [9.17, 15) is 14.7 Å². The number of aryl methyl sites for hydroxylation is 1. The fourth-order valence-corrected chi connectivity index (χ4v) is 3.25. The first kappa shape index (κ1) is 14.2. The van der Waals surface area contributed by atoms with Crippen molar-refractivity contribution in [2.45, 2.75) is 46.2 Å². The Bertz CT molecular complexity index is 585. The van der Waals surface area contributed by atoms with Crippen molar-refractivity contribution in [3.8, 4) is 0 Å². The summed E-state index contributed by atoms with van der Waals surface area (Å²) in [5.41, 5.74) is -0.449. The van der Waals surface area contributed by atoms with Gasteiger partial charge in [0.1, 0.15) is 11.5 Å². The van der Waals surface area contributed by atoms with E-state index in [-0.39, 0.29) is 11.9 Å². The highest BCUT2D eigenvalue weighted by molar-refractivity contribution is 5.92. The molecule has 3 rings (SSSR count). The van der Waals surface area contributed by atoms with E-state index in [1.807, 2.05) is 37.8 Å². The second-order valence-electron chi connectivity index (χ2n) is 6.82. The summed E-state index contributed by atoms with van der Waals surface area (Å²) >= 11 is 0. The summed E-state index contributed by atoms with van der Waals surface area (Å²) in [5, 5.41) is 9.25. The highest BCUT2D eigenvalue weighted by Gasteiger charge is 2.67. The third kappa shape index (κ3) is 2.45. The molecule has 21 heavy (non-hydrogen) atoms. The van der Waals surface area contributed by atoms with Gasteiger partial charge in [0, 0.05) is 6.04 Å². The fourth-order valence-electron chi connectivity index (χ4n) is 3.25. The van der Waals surface area contributed by atoms with Gasteiger partial charge in [-0.3, -0.25) is 9.59 Å². The molecule has 1 amide bonds. The van der Waals surface area contributed by atoms with E-state index in [1.165, 1.54) is 0 Å². The molecule has 1 N–H and O–H groups in total. The molecule has 1 aromatic heterocycles. The number of hydrogen-bond donors (Lipinski definition) is 1. The summed E-state index contributed by atoms with van der Waals surface area (Å²) in [7, 11) is 0. The second kappa shape index (κ2) is 4.61. The lowest BCUT2D eigenvalue weighted by Crippen LogP contribution is -2.35. The van der Waals surface area contributed by atoms with Gasteiger partial charge in [-0.2, -0.15) is 0 Å². The predicted molar refractivity (Wildman–Crippen MR) is 75.4 cm³/mol. The third-order valence-electron chi connectivity index (χ3n) is 4.75. The van der Waals surface area contributed by atoms with Gasteiger partial charge in [0.15, 0.2) is 0 Å². The molecule has 2 unspecified atom stereocenters. The Morgan fingerprint density at radius 1 is 1.33 bits per heavy atom. The van der Waals surface area contributed by atoms with Crippen LogP contribution in [-0.2, 0) is 16.1 Å². The lowest BCUT2D eigenvalue weighted by atomic mass is 10.1. The van der Waals surface area contributed by atoms with Gasteiger partial charge >= 0.3 is 5.97 Å². The second-order valence-corrected chi connectivity index (χ2v) is 6.82. The first-order valence-electron chi connectivity index (χ1n) is 7.41. The van der Waals surface area contributed by atoms with Gasteiger partial charge in [-0.1, -0.05) is 13.8 Å². The minimum Gasteiger partial charge on any atom is -0.481 e. The maximum absolute atomic E-state index is 12.7. The van der Waals surface area contributed by atoms with Gasteiger partial charge in [0.05, 0.1) is 18.4 Å². The lowest BCUT2D eigenvalue weighted by Gasteiger charge is -2.22. The summed E-state index contributed by atoms with van der Waals surface area (Å²) < 4.78 is 5.56. The Morgan fingerprint density at radius 2 is 2.00 bits per heavy atom. The molecule has 2 atom stereocenters. The molecule has 0 aliphatic heterocycles. The van der Waals surface area contributed by atoms with Crippen LogP contribution in [0.2, 0.25) is 0 Å². The number of carboxylic acid groups (broad SMARTS) is 1. The van der Waals surface area contributed by atoms with E-state index in [0.29, 0.717) is 6.54 Å². The SMILES string of the molecule is Cc1ccc(CN(C(=O)C2C(C(=O)O)C2(C)C)C2CC2)o1. The van der Waals surface area contributed by atoms with Crippen LogP contribution in [0, 0.1) is 24.2 Å². The van der Waals surface area contributed by atoms with Gasteiger partial charge in [-0.05, 0) is 37.3 Å². The van der Waals surface area contributed by atoms with E-state index in [4.69, 9.17) is 4.42 Å². The molecule has 114 valence electrons. The minimum atomic E-state index is -0.872. The predicted octanol–water partition coefficient (Wildman–Crippen LogP) is 2.44. The van der Waals surface area contributed by atoms with Crippen molar-refractivity contribution in [2.75, 3.05) is 0 Å². The molecule has 0 aromatic carbocycles. The first-order chi connectivity index (χ1) is 9.82. The van der Waals surface area contributed by atoms with Crippen molar-refractivity contribution in [1.29, 1.82) is 0 Å². The molecule has 0 radical (unpaired) electrons. The summed E-state index contributed by atoms with van der Waals surface area (Å²) in [6.45, 7) is 6.03. The lowest BCUT2D eigenvalue weighted by molar-refractivity contribution is -0.142. The van der Waals surface area contributed by atoms with Crippen molar-refractivity contribution < 1.29 is 19.1 Å². The van der Waals surface area contributed by atoms with Crippen molar-refractivity contribution in [1.82, 2.24) is 4.90 Å². The average molecular weight is 291 g/mol. The van der Waals surface area contributed by atoms with Gasteiger partial charge in [-0.15, -0.1) is 0 Å². The molecule has 0 bridgehead atoms. The van der Waals surface area contributed by atoms with E-state index < -0.39 is 23.2 Å². The van der Waals surface area contributed by atoms with Gasteiger partial charge in [0.25, 0.3) is 0 Å². The minimum absolute atomic E-state index is 0.0380. The Labute approximate surface area is 123 Å². The molecule has 2 aliphatic rings. The topological polar surface area (TPSA) is 70.8 Å². The van der Waals surface area contributed by atoms with Crippen molar-refractivity contribution >= 4 is 11.9 Å². The van der Waals surface area contributed by atoms with Crippen LogP contribution >= 0.6 is 0 Å². The zero-order chi connectivity index (χ0) is 15.4. The fraction of sp³-hybridized carbons (Fsp3) is 0.625. The zero-order valence-corrected chi connectivity index (χ0v) is 12.6. The molecule has 2 aliphatic carbocycles. The Morgan fingerprint density at radius 3 is 2.43 bits per heavy atom. The molecule has 1 aromatic rings. The van der Waals surface area contributed by atoms with Gasteiger partial charge < -0.3 is 14.4 Å². The van der Waals surface area contributed by atoms with E-state index in [0.717, 1.165) is 24.4 Å². The summed E-state index contributed by atoms with van der Waals surface area (Å²) in [4.78, 5) is 25.8. The quantitative estimate of drug-likeness (QED) is 0.904. The van der Waals surface area contributed by atoms with Crippen molar-refractivity contribution in [2.24, 2.45) is 17.3 Å². The van der Waals surface area contributed by atoms with E-state index in [2.05, 4.69) is 0 Å². The molecule has 5 nitrogen and oxygen atoms in total. The average Bonchev–Trinajstić information content (AvgIpc) is 3.26. The Balaban J connectivity index is 1.76. The van der Waals surface area contributed by atoms with Crippen LogP contribution in [0.5, 0.6) is 0 Å². The molecule has 2 fully saturated rings. The molecule has 0 spiro atoms. The number of furan rings is 1. The smallest absolute Gasteiger partial charge is 0.307 e. The van der Waals surface area contributed by atoms with Crippen LogP contribution in [0.25, 0.3) is 0 Å². The normalized spacial score (nSPS) is 26.4. The highest BCUT2D eigenvalue weighted by Crippen LogP contribution is 2.59. The molecule has 5 heteroatoms. The largest absolute Gasteiger partial charge is 0.481 e. The summed E-state index contributed by atoms with van der Waals surface area (Å²) in [5.74, 6) is -0.301. The standard InChI is InChI=1S/C16H21NO4/c1-9-4-7-11(21-9)8-17(10-5-6-10)14(18)12-13(15(19)20)16(12,2)3/h4,7,10,12-13H,5-6,8H2,1-3H3,(H,19,20). The van der Waals surface area contributed by atoms with Crippen LogP contribution in [0.15, 0.2) is 16.5 Å².